The first-order valence-corrected chi connectivity index (χ1v) is 13.4. The van der Waals surface area contributed by atoms with Crippen molar-refractivity contribution < 1.29 is 42.5 Å². The molecule has 0 aliphatic rings. The van der Waals surface area contributed by atoms with Crippen molar-refractivity contribution in [2.45, 2.75) is 109 Å². The van der Waals surface area contributed by atoms with Crippen LogP contribution in [-0.4, -0.2) is 13.0 Å². The molecule has 0 bridgehead atoms. The Hall–Kier alpha value is -0.390. The second kappa shape index (κ2) is 15.4. The Bertz CT molecular complexity index is 878. The van der Waals surface area contributed by atoms with Gasteiger partial charge in [-0.1, -0.05) is 108 Å². The van der Waals surface area contributed by atoms with Crippen LogP contribution in [0.15, 0.2) is 35.2 Å². The average molecular weight is 455 g/mol. The van der Waals surface area contributed by atoms with Gasteiger partial charge in [0.15, 0.2) is 0 Å². The van der Waals surface area contributed by atoms with Crippen LogP contribution in [0, 0.1) is 0 Å². The second-order valence-electron chi connectivity index (χ2n) is 8.56. The van der Waals surface area contributed by atoms with Gasteiger partial charge < -0.3 is 4.55 Å². The summed E-state index contributed by atoms with van der Waals surface area (Å²) in [5, 5.41) is 1.53. The molecule has 2 rings (SSSR count). The average Bonchev–Trinajstić information content (AvgIpc) is 2.72. The van der Waals surface area contributed by atoms with E-state index in [2.05, 4.69) is 13.8 Å². The van der Waals surface area contributed by atoms with Gasteiger partial charge in [0.05, 0.1) is 4.90 Å². The van der Waals surface area contributed by atoms with E-state index in [9.17, 15) is 13.0 Å². The smallest absolute Gasteiger partial charge is 0.744 e. The van der Waals surface area contributed by atoms with Crippen molar-refractivity contribution in [1.82, 2.24) is 0 Å². The van der Waals surface area contributed by atoms with Gasteiger partial charge >= 0.3 is 29.6 Å². The van der Waals surface area contributed by atoms with Crippen molar-refractivity contribution >= 4 is 20.9 Å². The molecule has 0 spiro atoms. The quantitative estimate of drug-likeness (QED) is 0.225. The zero-order valence-corrected chi connectivity index (χ0v) is 22.7. The molecule has 31 heavy (non-hydrogen) atoms. The Morgan fingerprint density at radius 2 is 1.13 bits per heavy atom. The van der Waals surface area contributed by atoms with E-state index in [1.807, 2.05) is 24.3 Å². The first-order chi connectivity index (χ1) is 14.5. The number of rotatable bonds is 15. The van der Waals surface area contributed by atoms with E-state index in [1.54, 1.807) is 6.07 Å². The van der Waals surface area contributed by atoms with Gasteiger partial charge in [0.2, 0.25) is 0 Å². The number of aryl methyl sites for hydroxylation is 2. The molecule has 0 unspecified atom stereocenters. The maximum absolute atomic E-state index is 12.2. The summed E-state index contributed by atoms with van der Waals surface area (Å²) in [7, 11) is -4.51. The molecule has 0 amide bonds. The Kier molecular flexibility index (Phi) is 14.3. The van der Waals surface area contributed by atoms with Gasteiger partial charge in [-0.25, -0.2) is 8.42 Å². The number of fused-ring (bicyclic) bond motifs is 1. The predicted molar refractivity (Wildman–Crippen MR) is 126 cm³/mol. The zero-order valence-electron chi connectivity index (χ0n) is 19.9. The Morgan fingerprint density at radius 1 is 0.677 bits per heavy atom. The Labute approximate surface area is 212 Å². The molecule has 2 aromatic rings. The normalized spacial score (nSPS) is 11.6. The minimum atomic E-state index is -4.51. The molecule has 2 aromatic carbocycles. The number of benzene rings is 2. The van der Waals surface area contributed by atoms with Crippen LogP contribution in [0.2, 0.25) is 0 Å². The number of hydrogen-bond donors (Lipinski definition) is 0. The minimum Gasteiger partial charge on any atom is -0.744 e. The van der Waals surface area contributed by atoms with Gasteiger partial charge in [0.1, 0.15) is 10.1 Å². The summed E-state index contributed by atoms with van der Waals surface area (Å²) in [6.07, 6.45) is 15.9. The van der Waals surface area contributed by atoms with Gasteiger partial charge in [-0.3, -0.25) is 0 Å². The molecular formula is C26H39NaO3S. The maximum atomic E-state index is 12.2. The van der Waals surface area contributed by atoms with E-state index < -0.39 is 10.1 Å². The zero-order chi connectivity index (χ0) is 21.8. The van der Waals surface area contributed by atoms with Crippen LogP contribution in [0.3, 0.4) is 0 Å². The first-order valence-electron chi connectivity index (χ1n) is 12.0. The topological polar surface area (TPSA) is 57.2 Å². The van der Waals surface area contributed by atoms with E-state index in [-0.39, 0.29) is 34.5 Å². The fraction of sp³-hybridized carbons (Fsp3) is 0.615. The van der Waals surface area contributed by atoms with Crippen LogP contribution in [0.1, 0.15) is 102 Å². The van der Waals surface area contributed by atoms with Crippen LogP contribution in [-0.2, 0) is 23.0 Å². The molecule has 0 aromatic heterocycles. The summed E-state index contributed by atoms with van der Waals surface area (Å²) in [5.41, 5.74) is 1.91. The van der Waals surface area contributed by atoms with Gasteiger partial charge in [-0.15, -0.1) is 0 Å². The Balaban J connectivity index is 0.00000480. The number of hydrogen-bond acceptors (Lipinski definition) is 3. The summed E-state index contributed by atoms with van der Waals surface area (Å²) < 4.78 is 36.5. The van der Waals surface area contributed by atoms with Crippen molar-refractivity contribution in [2.24, 2.45) is 0 Å². The third-order valence-electron chi connectivity index (χ3n) is 6.01. The molecule has 168 valence electrons. The van der Waals surface area contributed by atoms with E-state index >= 15 is 0 Å². The van der Waals surface area contributed by atoms with E-state index in [1.165, 1.54) is 63.4 Å². The molecule has 0 aliphatic carbocycles. The molecule has 0 saturated heterocycles. The van der Waals surface area contributed by atoms with Gasteiger partial charge in [0, 0.05) is 0 Å². The van der Waals surface area contributed by atoms with E-state index in [0.717, 1.165) is 36.6 Å². The minimum absolute atomic E-state index is 0. The Morgan fingerprint density at radius 3 is 1.65 bits per heavy atom. The van der Waals surface area contributed by atoms with Crippen molar-refractivity contribution in [2.75, 3.05) is 0 Å². The molecular weight excluding hydrogens is 415 g/mol. The SMILES string of the molecule is CCCCCCCCc1cc(CCCCCCCC)c2ccccc2c1S(=O)(=O)[O-].[Na+]. The van der Waals surface area contributed by atoms with Crippen molar-refractivity contribution in [3.05, 3.63) is 41.5 Å². The molecule has 0 N–H and O–H groups in total. The third kappa shape index (κ3) is 9.55. The standard InChI is InChI=1S/C26H40O3S.Na/c1-3-5-7-9-11-13-17-22-21-23(18-14-12-10-8-6-4-2)26(30(27,28)29)25-20-16-15-19-24(22)25;/h15-16,19-21H,3-14,17-18H2,1-2H3,(H,27,28,29);/q;+1/p-1. The molecule has 5 heteroatoms. The van der Waals surface area contributed by atoms with Crippen LogP contribution in [0.4, 0.5) is 0 Å². The molecule has 3 nitrogen and oxygen atoms in total. The second-order valence-corrected chi connectivity index (χ2v) is 9.88. The fourth-order valence-electron chi connectivity index (χ4n) is 4.37. The number of unbranched alkanes of at least 4 members (excludes halogenated alkanes) is 10. The summed E-state index contributed by atoms with van der Waals surface area (Å²) in [5.74, 6) is 0. The molecule has 0 fully saturated rings. The van der Waals surface area contributed by atoms with Crippen LogP contribution in [0.25, 0.3) is 10.8 Å². The van der Waals surface area contributed by atoms with E-state index in [0.29, 0.717) is 11.8 Å². The van der Waals surface area contributed by atoms with Crippen molar-refractivity contribution in [3.8, 4) is 0 Å². The summed E-state index contributed by atoms with van der Waals surface area (Å²) in [6, 6.07) is 9.55. The maximum Gasteiger partial charge on any atom is 1.00 e. The van der Waals surface area contributed by atoms with Gasteiger partial charge in [-0.05, 0) is 47.6 Å². The first kappa shape index (κ1) is 28.6. The van der Waals surface area contributed by atoms with Gasteiger partial charge in [0.25, 0.3) is 0 Å². The summed E-state index contributed by atoms with van der Waals surface area (Å²) in [6.45, 7) is 4.43. The molecule has 0 heterocycles. The largest absolute Gasteiger partial charge is 1.00 e. The van der Waals surface area contributed by atoms with Gasteiger partial charge in [-0.2, -0.15) is 0 Å². The van der Waals surface area contributed by atoms with E-state index in [4.69, 9.17) is 0 Å². The summed E-state index contributed by atoms with van der Waals surface area (Å²) >= 11 is 0. The fourth-order valence-corrected chi connectivity index (χ4v) is 5.30. The monoisotopic (exact) mass is 454 g/mol. The van der Waals surface area contributed by atoms with Crippen LogP contribution < -0.4 is 29.6 Å². The molecule has 0 aliphatic heterocycles. The van der Waals surface area contributed by atoms with Crippen molar-refractivity contribution in [3.63, 3.8) is 0 Å². The van der Waals surface area contributed by atoms with Crippen LogP contribution >= 0.6 is 0 Å². The summed E-state index contributed by atoms with van der Waals surface area (Å²) in [4.78, 5) is 0.0124. The predicted octanol–water partition coefficient (Wildman–Crippen LogP) is 4.55. The molecule has 0 saturated carbocycles. The third-order valence-corrected chi connectivity index (χ3v) is 6.99. The molecule has 0 atom stereocenters. The van der Waals surface area contributed by atoms with Crippen molar-refractivity contribution in [1.29, 1.82) is 0 Å². The van der Waals surface area contributed by atoms with Crippen LogP contribution in [0.5, 0.6) is 0 Å². The molecule has 0 radical (unpaired) electrons.